The Bertz CT molecular complexity index is 675. The Labute approximate surface area is 126 Å². The van der Waals surface area contributed by atoms with Crippen molar-refractivity contribution in [3.63, 3.8) is 0 Å². The molecule has 22 heavy (non-hydrogen) atoms. The number of non-ortho nitro benzene ring substituents is 1. The van der Waals surface area contributed by atoms with E-state index in [1.54, 1.807) is 18.2 Å². The van der Waals surface area contributed by atoms with E-state index in [0.29, 0.717) is 18.1 Å². The van der Waals surface area contributed by atoms with Crippen molar-refractivity contribution in [2.24, 2.45) is 0 Å². The van der Waals surface area contributed by atoms with Crippen LogP contribution in [0.25, 0.3) is 0 Å². The monoisotopic (exact) mass is 302 g/mol. The van der Waals surface area contributed by atoms with Gasteiger partial charge >= 0.3 is 0 Å². The highest BCUT2D eigenvalue weighted by molar-refractivity contribution is 5.91. The summed E-state index contributed by atoms with van der Waals surface area (Å²) in [6, 6.07) is 8.88. The number of carbonyl (C=O) groups is 1. The van der Waals surface area contributed by atoms with Gasteiger partial charge in [0.1, 0.15) is 18.1 Å². The number of hydrogen-bond acceptors (Lipinski definition) is 5. The minimum Gasteiger partial charge on any atom is -0.486 e. The predicted octanol–water partition coefficient (Wildman–Crippen LogP) is 2.68. The molecule has 1 heterocycles. The van der Waals surface area contributed by atoms with Gasteiger partial charge in [-0.15, -0.1) is 6.58 Å². The van der Waals surface area contributed by atoms with Crippen molar-refractivity contribution < 1.29 is 18.9 Å². The van der Waals surface area contributed by atoms with Crippen molar-refractivity contribution in [3.8, 4) is 5.75 Å². The molecule has 0 spiro atoms. The third kappa shape index (κ3) is 3.95. The van der Waals surface area contributed by atoms with Crippen LogP contribution in [0, 0.1) is 10.1 Å². The minimum absolute atomic E-state index is 0.00785. The van der Waals surface area contributed by atoms with E-state index in [-0.39, 0.29) is 24.0 Å². The lowest BCUT2D eigenvalue weighted by molar-refractivity contribution is -0.384. The number of benzene rings is 1. The standard InChI is InChI=1S/C15H14N2O5/c1-2-9-16-15(18)14-8-7-13(22-14)10-21-12-5-3-11(4-6-12)17(19)20/h2-8H,1,9-10H2,(H,16,18). The van der Waals surface area contributed by atoms with Crippen LogP contribution >= 0.6 is 0 Å². The molecule has 0 aliphatic rings. The van der Waals surface area contributed by atoms with E-state index in [4.69, 9.17) is 9.15 Å². The number of nitro benzene ring substituents is 1. The Hall–Kier alpha value is -3.09. The van der Waals surface area contributed by atoms with Gasteiger partial charge in [-0.2, -0.15) is 0 Å². The van der Waals surface area contributed by atoms with E-state index in [1.807, 2.05) is 0 Å². The highest BCUT2D eigenvalue weighted by Crippen LogP contribution is 2.19. The number of furan rings is 1. The third-order valence-electron chi connectivity index (χ3n) is 2.72. The summed E-state index contributed by atoms with van der Waals surface area (Å²) in [5, 5.41) is 13.1. The summed E-state index contributed by atoms with van der Waals surface area (Å²) in [6.45, 7) is 3.98. The summed E-state index contributed by atoms with van der Waals surface area (Å²) in [5.41, 5.74) is -0.00785. The number of hydrogen-bond donors (Lipinski definition) is 1. The van der Waals surface area contributed by atoms with Crippen molar-refractivity contribution in [2.75, 3.05) is 6.54 Å². The molecule has 2 aromatic rings. The quantitative estimate of drug-likeness (QED) is 0.482. The maximum atomic E-state index is 11.6. The molecule has 1 amide bonds. The molecule has 0 atom stereocenters. The predicted molar refractivity (Wildman–Crippen MR) is 78.7 cm³/mol. The highest BCUT2D eigenvalue weighted by Gasteiger charge is 2.11. The second-order valence-electron chi connectivity index (χ2n) is 4.30. The van der Waals surface area contributed by atoms with Gasteiger partial charge in [-0.25, -0.2) is 0 Å². The maximum absolute atomic E-state index is 11.6. The topological polar surface area (TPSA) is 94.6 Å². The molecular weight excluding hydrogens is 288 g/mol. The molecule has 0 fully saturated rings. The lowest BCUT2D eigenvalue weighted by atomic mass is 10.3. The van der Waals surface area contributed by atoms with Crippen LogP contribution in [0.2, 0.25) is 0 Å². The Morgan fingerprint density at radius 2 is 2.05 bits per heavy atom. The van der Waals surface area contributed by atoms with Crippen LogP contribution in [0.5, 0.6) is 5.75 Å². The number of rotatable bonds is 7. The van der Waals surface area contributed by atoms with Crippen molar-refractivity contribution in [2.45, 2.75) is 6.61 Å². The highest BCUT2D eigenvalue weighted by atomic mass is 16.6. The molecule has 0 aliphatic heterocycles. The molecule has 1 aromatic heterocycles. The molecule has 1 N–H and O–H groups in total. The first-order chi connectivity index (χ1) is 10.6. The Kier molecular flexibility index (Phi) is 4.92. The zero-order valence-electron chi connectivity index (χ0n) is 11.7. The normalized spacial score (nSPS) is 10.0. The number of nitro groups is 1. The molecule has 114 valence electrons. The average Bonchev–Trinajstić information content (AvgIpc) is 3.00. The van der Waals surface area contributed by atoms with Crippen LogP contribution in [0.3, 0.4) is 0 Å². The Morgan fingerprint density at radius 3 is 2.68 bits per heavy atom. The van der Waals surface area contributed by atoms with Crippen molar-refractivity contribution in [3.05, 3.63) is 70.7 Å². The SMILES string of the molecule is C=CCNC(=O)c1ccc(COc2ccc([N+](=O)[O-])cc2)o1. The molecule has 0 unspecified atom stereocenters. The largest absolute Gasteiger partial charge is 0.486 e. The van der Waals surface area contributed by atoms with E-state index < -0.39 is 4.92 Å². The molecule has 0 aliphatic carbocycles. The van der Waals surface area contributed by atoms with Gasteiger partial charge in [-0.3, -0.25) is 14.9 Å². The maximum Gasteiger partial charge on any atom is 0.287 e. The van der Waals surface area contributed by atoms with Crippen LogP contribution in [0.15, 0.2) is 53.5 Å². The average molecular weight is 302 g/mol. The Morgan fingerprint density at radius 1 is 1.32 bits per heavy atom. The first-order valence-electron chi connectivity index (χ1n) is 6.45. The minimum atomic E-state index is -0.482. The summed E-state index contributed by atoms with van der Waals surface area (Å²) < 4.78 is 10.8. The van der Waals surface area contributed by atoms with Gasteiger partial charge in [-0.1, -0.05) is 6.08 Å². The molecule has 2 rings (SSSR count). The van der Waals surface area contributed by atoms with Crippen molar-refractivity contribution in [1.29, 1.82) is 0 Å². The van der Waals surface area contributed by atoms with Gasteiger partial charge in [0.15, 0.2) is 5.76 Å². The number of amides is 1. The first-order valence-corrected chi connectivity index (χ1v) is 6.45. The van der Waals surface area contributed by atoms with E-state index in [2.05, 4.69) is 11.9 Å². The van der Waals surface area contributed by atoms with E-state index in [1.165, 1.54) is 24.3 Å². The Balaban J connectivity index is 1.91. The zero-order chi connectivity index (χ0) is 15.9. The van der Waals surface area contributed by atoms with Crippen LogP contribution in [-0.2, 0) is 6.61 Å². The fourth-order valence-electron chi connectivity index (χ4n) is 1.65. The summed E-state index contributed by atoms with van der Waals surface area (Å²) in [6.07, 6.45) is 1.57. The zero-order valence-corrected chi connectivity index (χ0v) is 11.7. The fourth-order valence-corrected chi connectivity index (χ4v) is 1.65. The smallest absolute Gasteiger partial charge is 0.287 e. The summed E-state index contributed by atoms with van der Waals surface area (Å²) >= 11 is 0. The van der Waals surface area contributed by atoms with Gasteiger partial charge in [0.2, 0.25) is 0 Å². The summed E-state index contributed by atoms with van der Waals surface area (Å²) in [7, 11) is 0. The van der Waals surface area contributed by atoms with Gasteiger partial charge in [0.25, 0.3) is 11.6 Å². The van der Waals surface area contributed by atoms with Crippen LogP contribution < -0.4 is 10.1 Å². The number of nitrogens with one attached hydrogen (secondary N) is 1. The van der Waals surface area contributed by atoms with Crippen LogP contribution in [0.4, 0.5) is 5.69 Å². The molecule has 7 nitrogen and oxygen atoms in total. The molecular formula is C15H14N2O5. The van der Waals surface area contributed by atoms with E-state index in [9.17, 15) is 14.9 Å². The van der Waals surface area contributed by atoms with Crippen molar-refractivity contribution in [1.82, 2.24) is 5.32 Å². The number of ether oxygens (including phenoxy) is 1. The number of carbonyl (C=O) groups excluding carboxylic acids is 1. The third-order valence-corrected chi connectivity index (χ3v) is 2.72. The van der Waals surface area contributed by atoms with Gasteiger partial charge in [0.05, 0.1) is 4.92 Å². The lowest BCUT2D eigenvalue weighted by Crippen LogP contribution is -2.22. The lowest BCUT2D eigenvalue weighted by Gasteiger charge is -2.03. The van der Waals surface area contributed by atoms with Crippen LogP contribution in [0.1, 0.15) is 16.3 Å². The second kappa shape index (κ2) is 7.07. The van der Waals surface area contributed by atoms with E-state index in [0.717, 1.165) is 0 Å². The molecule has 0 saturated carbocycles. The molecule has 0 radical (unpaired) electrons. The summed E-state index contributed by atoms with van der Waals surface area (Å²) in [5.74, 6) is 0.799. The van der Waals surface area contributed by atoms with Crippen LogP contribution in [-0.4, -0.2) is 17.4 Å². The van der Waals surface area contributed by atoms with Gasteiger partial charge in [0, 0.05) is 18.7 Å². The number of nitrogens with zero attached hydrogens (tertiary/aromatic N) is 1. The molecule has 7 heteroatoms. The summed E-state index contributed by atoms with van der Waals surface area (Å²) in [4.78, 5) is 21.7. The van der Waals surface area contributed by atoms with Crippen molar-refractivity contribution >= 4 is 11.6 Å². The molecule has 1 aromatic carbocycles. The van der Waals surface area contributed by atoms with Gasteiger partial charge in [-0.05, 0) is 24.3 Å². The first kappa shape index (κ1) is 15.3. The molecule has 0 saturated heterocycles. The fraction of sp³-hybridized carbons (Fsp3) is 0.133. The molecule has 0 bridgehead atoms. The van der Waals surface area contributed by atoms with E-state index >= 15 is 0 Å². The second-order valence-corrected chi connectivity index (χ2v) is 4.30. The van der Waals surface area contributed by atoms with Gasteiger partial charge < -0.3 is 14.5 Å².